The predicted molar refractivity (Wildman–Crippen MR) is 115 cm³/mol. The second-order valence-corrected chi connectivity index (χ2v) is 8.36. The van der Waals surface area contributed by atoms with Crippen LogP contribution < -0.4 is 5.56 Å². The van der Waals surface area contributed by atoms with Gasteiger partial charge in [0.1, 0.15) is 0 Å². The van der Waals surface area contributed by atoms with Gasteiger partial charge in [-0.3, -0.25) is 9.69 Å². The molecule has 0 aliphatic heterocycles. The van der Waals surface area contributed by atoms with Crippen molar-refractivity contribution in [3.05, 3.63) is 51.6 Å². The molecule has 1 aliphatic carbocycles. The molecule has 8 heteroatoms. The Labute approximate surface area is 175 Å². The molecule has 2 aromatic heterocycles. The van der Waals surface area contributed by atoms with Gasteiger partial charge in [0.25, 0.3) is 5.56 Å². The number of fused-ring (bicyclic) bond motifs is 1. The molecule has 30 heavy (non-hydrogen) atoms. The number of pyridine rings is 1. The lowest BCUT2D eigenvalue weighted by molar-refractivity contribution is 0.164. The first-order chi connectivity index (χ1) is 14.6. The lowest BCUT2D eigenvalue weighted by Gasteiger charge is -2.28. The first-order valence-corrected chi connectivity index (χ1v) is 10.8. The molecule has 2 N–H and O–H groups in total. The minimum atomic E-state index is -0.0806. The van der Waals surface area contributed by atoms with Gasteiger partial charge in [-0.25, -0.2) is 4.68 Å². The molecule has 1 unspecified atom stereocenters. The van der Waals surface area contributed by atoms with Crippen molar-refractivity contribution in [3.63, 3.8) is 0 Å². The largest absolute Gasteiger partial charge is 0.396 e. The number of aliphatic hydroxyl groups excluding tert-OH is 1. The first-order valence-electron chi connectivity index (χ1n) is 10.8. The number of hydrogen-bond acceptors (Lipinski definition) is 6. The molecule has 0 radical (unpaired) electrons. The maximum absolute atomic E-state index is 12.7. The molecule has 0 bridgehead atoms. The normalized spacial score (nSPS) is 16.0. The van der Waals surface area contributed by atoms with Gasteiger partial charge in [0.2, 0.25) is 0 Å². The zero-order chi connectivity index (χ0) is 21.1. The van der Waals surface area contributed by atoms with Gasteiger partial charge in [0.05, 0.1) is 12.1 Å². The molecule has 2 heterocycles. The predicted octanol–water partition coefficient (Wildman–Crippen LogP) is 2.88. The number of aliphatic hydroxyl groups is 1. The van der Waals surface area contributed by atoms with E-state index in [2.05, 4.69) is 38.4 Å². The SMILES string of the molecule is Cc1ccc2[nH]c(=O)c(CN(CCCO)C(C)c3nnnn3C3CCCC3)cc2c1. The third kappa shape index (κ3) is 4.29. The molecule has 1 aromatic carbocycles. The summed E-state index contributed by atoms with van der Waals surface area (Å²) in [5.41, 5.74) is 2.62. The van der Waals surface area contributed by atoms with Crippen LogP contribution in [0.4, 0.5) is 0 Å². The summed E-state index contributed by atoms with van der Waals surface area (Å²) in [6, 6.07) is 8.27. The highest BCUT2D eigenvalue weighted by atomic mass is 16.3. The number of benzene rings is 1. The fourth-order valence-electron chi connectivity index (χ4n) is 4.44. The number of aromatic amines is 1. The third-order valence-corrected chi connectivity index (χ3v) is 6.16. The molecule has 0 amide bonds. The zero-order valence-electron chi connectivity index (χ0n) is 17.7. The van der Waals surface area contributed by atoms with E-state index in [1.807, 2.05) is 29.8 Å². The highest BCUT2D eigenvalue weighted by Crippen LogP contribution is 2.31. The maximum atomic E-state index is 12.7. The van der Waals surface area contributed by atoms with Gasteiger partial charge >= 0.3 is 0 Å². The van der Waals surface area contributed by atoms with E-state index in [1.165, 1.54) is 12.8 Å². The number of nitrogens with zero attached hydrogens (tertiary/aromatic N) is 5. The third-order valence-electron chi connectivity index (χ3n) is 6.16. The zero-order valence-corrected chi connectivity index (χ0v) is 17.7. The first kappa shape index (κ1) is 20.7. The van der Waals surface area contributed by atoms with Gasteiger partial charge in [-0.15, -0.1) is 5.10 Å². The van der Waals surface area contributed by atoms with Crippen molar-refractivity contribution in [1.82, 2.24) is 30.1 Å². The van der Waals surface area contributed by atoms with Gasteiger partial charge < -0.3 is 10.1 Å². The van der Waals surface area contributed by atoms with Crippen molar-refractivity contribution in [2.75, 3.05) is 13.2 Å². The van der Waals surface area contributed by atoms with Crippen molar-refractivity contribution in [1.29, 1.82) is 0 Å². The van der Waals surface area contributed by atoms with Crippen LogP contribution in [0.1, 0.15) is 68.1 Å². The number of aryl methyl sites for hydroxylation is 1. The average Bonchev–Trinajstić information content (AvgIpc) is 3.42. The number of tetrazole rings is 1. The summed E-state index contributed by atoms with van der Waals surface area (Å²) < 4.78 is 1.97. The molecular formula is C22H30N6O2. The van der Waals surface area contributed by atoms with Crippen LogP contribution in [-0.4, -0.2) is 48.3 Å². The Bertz CT molecular complexity index is 1050. The second-order valence-electron chi connectivity index (χ2n) is 8.36. The van der Waals surface area contributed by atoms with E-state index < -0.39 is 0 Å². The number of hydrogen-bond donors (Lipinski definition) is 2. The van der Waals surface area contributed by atoms with Crippen LogP contribution in [0.15, 0.2) is 29.1 Å². The van der Waals surface area contributed by atoms with E-state index in [4.69, 9.17) is 0 Å². The van der Waals surface area contributed by atoms with Crippen LogP contribution in [0.25, 0.3) is 10.9 Å². The summed E-state index contributed by atoms with van der Waals surface area (Å²) in [4.78, 5) is 17.9. The minimum absolute atomic E-state index is 0.0697. The summed E-state index contributed by atoms with van der Waals surface area (Å²) in [5.74, 6) is 0.827. The van der Waals surface area contributed by atoms with Crippen molar-refractivity contribution < 1.29 is 5.11 Å². The molecule has 0 saturated heterocycles. The van der Waals surface area contributed by atoms with E-state index in [1.54, 1.807) is 0 Å². The molecule has 0 spiro atoms. The molecular weight excluding hydrogens is 380 g/mol. The highest BCUT2D eigenvalue weighted by molar-refractivity contribution is 5.79. The summed E-state index contributed by atoms with van der Waals surface area (Å²) in [6.45, 7) is 5.35. The molecule has 160 valence electrons. The summed E-state index contributed by atoms with van der Waals surface area (Å²) in [5, 5.41) is 23.0. The quantitative estimate of drug-likeness (QED) is 0.592. The topological polar surface area (TPSA) is 99.9 Å². The maximum Gasteiger partial charge on any atom is 0.252 e. The molecule has 4 rings (SSSR count). The summed E-state index contributed by atoms with van der Waals surface area (Å²) in [6.07, 6.45) is 5.24. The van der Waals surface area contributed by atoms with Crippen molar-refractivity contribution in [3.8, 4) is 0 Å². The van der Waals surface area contributed by atoms with Gasteiger partial charge in [0.15, 0.2) is 5.82 Å². The molecule has 8 nitrogen and oxygen atoms in total. The van der Waals surface area contributed by atoms with E-state index in [-0.39, 0.29) is 18.2 Å². The fraction of sp³-hybridized carbons (Fsp3) is 0.545. The molecule has 1 saturated carbocycles. The number of rotatable bonds is 8. The van der Waals surface area contributed by atoms with Crippen LogP contribution in [-0.2, 0) is 6.54 Å². The smallest absolute Gasteiger partial charge is 0.252 e. The van der Waals surface area contributed by atoms with Crippen molar-refractivity contribution in [2.45, 2.75) is 64.6 Å². The number of H-pyrrole nitrogens is 1. The molecule has 1 aliphatic rings. The van der Waals surface area contributed by atoms with E-state index >= 15 is 0 Å². The standard InChI is InChI=1S/C22H30N6O2/c1-15-8-9-20-17(12-15)13-18(22(30)23-20)14-27(10-5-11-29)16(2)21-24-25-26-28(21)19-6-3-4-7-19/h8-9,12-13,16,19,29H,3-7,10-11,14H2,1-2H3,(H,23,30). The van der Waals surface area contributed by atoms with Crippen LogP contribution >= 0.6 is 0 Å². The Morgan fingerprint density at radius 1 is 1.30 bits per heavy atom. The average molecular weight is 411 g/mol. The summed E-state index contributed by atoms with van der Waals surface area (Å²) in [7, 11) is 0. The monoisotopic (exact) mass is 410 g/mol. The van der Waals surface area contributed by atoms with Crippen LogP contribution in [0, 0.1) is 6.92 Å². The lowest BCUT2D eigenvalue weighted by atomic mass is 10.1. The number of aromatic nitrogens is 5. The van der Waals surface area contributed by atoms with Crippen molar-refractivity contribution >= 4 is 10.9 Å². The van der Waals surface area contributed by atoms with Gasteiger partial charge in [-0.05, 0) is 67.1 Å². The Morgan fingerprint density at radius 2 is 2.10 bits per heavy atom. The fourth-order valence-corrected chi connectivity index (χ4v) is 4.44. The Kier molecular flexibility index (Phi) is 6.24. The summed E-state index contributed by atoms with van der Waals surface area (Å²) >= 11 is 0. The number of nitrogens with one attached hydrogen (secondary N) is 1. The van der Waals surface area contributed by atoms with Gasteiger partial charge in [-0.1, -0.05) is 24.5 Å². The van der Waals surface area contributed by atoms with E-state index in [0.717, 1.165) is 35.1 Å². The Hall–Kier alpha value is -2.58. The van der Waals surface area contributed by atoms with E-state index in [0.29, 0.717) is 31.1 Å². The molecule has 3 aromatic rings. The van der Waals surface area contributed by atoms with Gasteiger partial charge in [0, 0.05) is 30.8 Å². The highest BCUT2D eigenvalue weighted by Gasteiger charge is 2.27. The van der Waals surface area contributed by atoms with Crippen LogP contribution in [0.5, 0.6) is 0 Å². The van der Waals surface area contributed by atoms with Crippen molar-refractivity contribution in [2.24, 2.45) is 0 Å². The second kappa shape index (κ2) is 9.06. The van der Waals surface area contributed by atoms with Gasteiger partial charge in [-0.2, -0.15) is 0 Å². The van der Waals surface area contributed by atoms with Crippen LogP contribution in [0.3, 0.4) is 0 Å². The minimum Gasteiger partial charge on any atom is -0.396 e. The molecule has 1 atom stereocenters. The lowest BCUT2D eigenvalue weighted by Crippen LogP contribution is -2.33. The van der Waals surface area contributed by atoms with Crippen LogP contribution in [0.2, 0.25) is 0 Å². The molecule has 1 fully saturated rings. The Balaban J connectivity index is 1.63. The Morgan fingerprint density at radius 3 is 2.87 bits per heavy atom. The van der Waals surface area contributed by atoms with E-state index in [9.17, 15) is 9.90 Å².